The Labute approximate surface area is 156 Å². The summed E-state index contributed by atoms with van der Waals surface area (Å²) in [5.74, 6) is 0.875. The molecule has 0 atom stereocenters. The zero-order chi connectivity index (χ0) is 18.5. The van der Waals surface area contributed by atoms with Crippen LogP contribution in [0.2, 0.25) is 0 Å². The van der Waals surface area contributed by atoms with Gasteiger partial charge in [-0.2, -0.15) is 4.99 Å². The molecule has 0 radical (unpaired) electrons. The average molecular weight is 376 g/mol. The number of amides is 1. The summed E-state index contributed by atoms with van der Waals surface area (Å²) in [4.78, 5) is 29.0. The lowest BCUT2D eigenvalue weighted by molar-refractivity contribution is -0.141. The van der Waals surface area contributed by atoms with E-state index in [9.17, 15) is 9.59 Å². The molecule has 1 aromatic heterocycles. The second kappa shape index (κ2) is 8.49. The maximum Gasteiger partial charge on any atom is 0.325 e. The van der Waals surface area contributed by atoms with Crippen molar-refractivity contribution in [3.63, 3.8) is 0 Å². The van der Waals surface area contributed by atoms with Crippen LogP contribution in [-0.2, 0) is 20.9 Å². The predicted molar refractivity (Wildman–Crippen MR) is 100 cm³/mol. The van der Waals surface area contributed by atoms with E-state index in [0.29, 0.717) is 17.1 Å². The normalized spacial score (nSPS) is 15.5. The van der Waals surface area contributed by atoms with Crippen molar-refractivity contribution in [2.45, 2.75) is 45.1 Å². The van der Waals surface area contributed by atoms with E-state index >= 15 is 0 Å². The van der Waals surface area contributed by atoms with Crippen LogP contribution in [0.5, 0.6) is 5.75 Å². The molecule has 26 heavy (non-hydrogen) atoms. The van der Waals surface area contributed by atoms with E-state index in [1.165, 1.54) is 44.1 Å². The third kappa shape index (κ3) is 4.33. The van der Waals surface area contributed by atoms with Crippen LogP contribution in [-0.4, -0.2) is 30.7 Å². The molecule has 1 aromatic carbocycles. The summed E-state index contributed by atoms with van der Waals surface area (Å²) in [7, 11) is 2.96. The van der Waals surface area contributed by atoms with Gasteiger partial charge in [0.1, 0.15) is 12.3 Å². The molecule has 7 heteroatoms. The van der Waals surface area contributed by atoms with Gasteiger partial charge in [0.15, 0.2) is 4.80 Å². The number of benzene rings is 1. The molecular formula is C19H24N2O4S. The minimum Gasteiger partial charge on any atom is -0.497 e. The monoisotopic (exact) mass is 376 g/mol. The Hall–Kier alpha value is -2.15. The number of nitrogens with zero attached hydrogens (tertiary/aromatic N) is 2. The number of aromatic nitrogens is 1. The van der Waals surface area contributed by atoms with Crippen molar-refractivity contribution in [2.75, 3.05) is 14.2 Å². The van der Waals surface area contributed by atoms with Crippen LogP contribution in [0.25, 0.3) is 10.2 Å². The lowest BCUT2D eigenvalue weighted by Crippen LogP contribution is -2.22. The Morgan fingerprint density at radius 3 is 2.73 bits per heavy atom. The standard InChI is InChI=1S/C19H24N2O4S/c1-24-14-8-9-15-16(11-14)26-19(21(15)12-18(23)25-2)20-17(22)10-7-13-5-3-4-6-13/h8-9,11,13H,3-7,10,12H2,1-2H3. The number of hydrogen-bond acceptors (Lipinski definition) is 5. The number of carbonyl (C=O) groups excluding carboxylic acids is 2. The Morgan fingerprint density at radius 2 is 2.04 bits per heavy atom. The van der Waals surface area contributed by atoms with Crippen molar-refractivity contribution >= 4 is 33.4 Å². The first-order chi connectivity index (χ1) is 12.6. The van der Waals surface area contributed by atoms with E-state index in [4.69, 9.17) is 9.47 Å². The quantitative estimate of drug-likeness (QED) is 0.726. The summed E-state index contributed by atoms with van der Waals surface area (Å²) < 4.78 is 12.7. The second-order valence-corrected chi connectivity index (χ2v) is 7.58. The second-order valence-electron chi connectivity index (χ2n) is 6.58. The molecule has 0 N–H and O–H groups in total. The molecule has 1 fully saturated rings. The Morgan fingerprint density at radius 1 is 1.27 bits per heavy atom. The fraction of sp³-hybridized carbons (Fsp3) is 0.526. The molecule has 0 spiro atoms. The molecule has 0 unspecified atom stereocenters. The molecule has 1 heterocycles. The summed E-state index contributed by atoms with van der Waals surface area (Å²) in [5, 5.41) is 0. The summed E-state index contributed by atoms with van der Waals surface area (Å²) in [6.45, 7) is 0.0254. The number of methoxy groups -OCH3 is 2. The number of hydrogen-bond donors (Lipinski definition) is 0. The van der Waals surface area contributed by atoms with Crippen molar-refractivity contribution in [3.8, 4) is 5.75 Å². The highest BCUT2D eigenvalue weighted by Crippen LogP contribution is 2.28. The predicted octanol–water partition coefficient (Wildman–Crippen LogP) is 3.28. The summed E-state index contributed by atoms with van der Waals surface area (Å²) in [5.41, 5.74) is 0.837. The molecule has 6 nitrogen and oxygen atoms in total. The minimum atomic E-state index is -0.375. The molecule has 1 saturated carbocycles. The van der Waals surface area contributed by atoms with Crippen molar-refractivity contribution < 1.29 is 19.1 Å². The molecule has 1 aliphatic carbocycles. The zero-order valence-corrected chi connectivity index (χ0v) is 16.0. The average Bonchev–Trinajstić information content (AvgIpc) is 3.28. The van der Waals surface area contributed by atoms with Crippen LogP contribution >= 0.6 is 11.3 Å². The lowest BCUT2D eigenvalue weighted by atomic mass is 10.0. The largest absolute Gasteiger partial charge is 0.497 e. The molecule has 1 aliphatic rings. The van der Waals surface area contributed by atoms with E-state index in [-0.39, 0.29) is 18.4 Å². The van der Waals surface area contributed by atoms with Gasteiger partial charge in [-0.05, 0) is 30.5 Å². The van der Waals surface area contributed by atoms with Crippen LogP contribution in [0.1, 0.15) is 38.5 Å². The van der Waals surface area contributed by atoms with Gasteiger partial charge in [0.05, 0.1) is 24.4 Å². The van der Waals surface area contributed by atoms with Crippen molar-refractivity contribution in [1.82, 2.24) is 4.57 Å². The number of carbonyl (C=O) groups is 2. The van der Waals surface area contributed by atoms with Gasteiger partial charge in [-0.3, -0.25) is 9.59 Å². The number of esters is 1. The van der Waals surface area contributed by atoms with E-state index in [0.717, 1.165) is 22.4 Å². The maximum atomic E-state index is 12.4. The van der Waals surface area contributed by atoms with Gasteiger partial charge in [0, 0.05) is 6.42 Å². The van der Waals surface area contributed by atoms with Gasteiger partial charge in [0.25, 0.3) is 0 Å². The molecule has 140 valence electrons. The molecule has 0 bridgehead atoms. The number of thiazole rings is 1. The highest BCUT2D eigenvalue weighted by Gasteiger charge is 2.17. The van der Waals surface area contributed by atoms with E-state index in [1.54, 1.807) is 11.7 Å². The van der Waals surface area contributed by atoms with E-state index < -0.39 is 0 Å². The van der Waals surface area contributed by atoms with E-state index in [2.05, 4.69) is 4.99 Å². The first-order valence-corrected chi connectivity index (χ1v) is 9.74. The lowest BCUT2D eigenvalue weighted by Gasteiger charge is -2.06. The molecule has 1 amide bonds. The van der Waals surface area contributed by atoms with Crippen molar-refractivity contribution in [2.24, 2.45) is 10.9 Å². The van der Waals surface area contributed by atoms with Gasteiger partial charge in [-0.25, -0.2) is 0 Å². The highest BCUT2D eigenvalue weighted by atomic mass is 32.1. The molecule has 2 aromatic rings. The van der Waals surface area contributed by atoms with Crippen molar-refractivity contribution in [3.05, 3.63) is 23.0 Å². The molecular weight excluding hydrogens is 352 g/mol. The van der Waals surface area contributed by atoms with Crippen LogP contribution in [0.3, 0.4) is 0 Å². The van der Waals surface area contributed by atoms with Crippen LogP contribution < -0.4 is 9.54 Å². The number of ether oxygens (including phenoxy) is 2. The third-order valence-electron chi connectivity index (χ3n) is 4.87. The maximum absolute atomic E-state index is 12.4. The van der Waals surface area contributed by atoms with E-state index in [1.807, 2.05) is 18.2 Å². The summed E-state index contributed by atoms with van der Waals surface area (Å²) in [6, 6.07) is 5.58. The Balaban J connectivity index is 1.89. The van der Waals surface area contributed by atoms with Crippen LogP contribution in [0, 0.1) is 5.92 Å². The fourth-order valence-electron chi connectivity index (χ4n) is 3.40. The zero-order valence-electron chi connectivity index (χ0n) is 15.2. The van der Waals surface area contributed by atoms with Crippen LogP contribution in [0.4, 0.5) is 0 Å². The topological polar surface area (TPSA) is 69.9 Å². The van der Waals surface area contributed by atoms with Gasteiger partial charge in [-0.1, -0.05) is 37.0 Å². The fourth-order valence-corrected chi connectivity index (χ4v) is 4.48. The number of fused-ring (bicyclic) bond motifs is 1. The first-order valence-electron chi connectivity index (χ1n) is 8.92. The molecule has 3 rings (SSSR count). The molecule has 0 aliphatic heterocycles. The van der Waals surface area contributed by atoms with Crippen molar-refractivity contribution in [1.29, 1.82) is 0 Å². The van der Waals surface area contributed by atoms with Gasteiger partial charge in [-0.15, -0.1) is 0 Å². The smallest absolute Gasteiger partial charge is 0.325 e. The van der Waals surface area contributed by atoms with Gasteiger partial charge >= 0.3 is 5.97 Å². The summed E-state index contributed by atoms with van der Waals surface area (Å²) in [6.07, 6.45) is 6.34. The van der Waals surface area contributed by atoms with Crippen LogP contribution in [0.15, 0.2) is 23.2 Å². The minimum absolute atomic E-state index is 0.0254. The highest BCUT2D eigenvalue weighted by molar-refractivity contribution is 7.16. The van der Waals surface area contributed by atoms with Gasteiger partial charge < -0.3 is 14.0 Å². The van der Waals surface area contributed by atoms with Gasteiger partial charge in [0.2, 0.25) is 5.91 Å². The number of rotatable bonds is 6. The first kappa shape index (κ1) is 18.6. The Bertz CT molecular complexity index is 862. The Kier molecular flexibility index (Phi) is 6.08. The summed E-state index contributed by atoms with van der Waals surface area (Å²) >= 11 is 1.38. The third-order valence-corrected chi connectivity index (χ3v) is 5.91. The SMILES string of the molecule is COC(=O)Cn1c(=NC(=O)CCC2CCCC2)sc2cc(OC)ccc21. The molecule has 0 saturated heterocycles.